The summed E-state index contributed by atoms with van der Waals surface area (Å²) in [7, 11) is 0. The van der Waals surface area contributed by atoms with Gasteiger partial charge in [-0.15, -0.1) is 11.3 Å². The summed E-state index contributed by atoms with van der Waals surface area (Å²) in [5.41, 5.74) is 0. The Labute approximate surface area is 65.6 Å². The summed E-state index contributed by atoms with van der Waals surface area (Å²) in [4.78, 5) is 1.31. The molecule has 1 heterocycles. The lowest BCUT2D eigenvalue weighted by molar-refractivity contribution is 0.326. The van der Waals surface area contributed by atoms with E-state index in [1.54, 1.807) is 11.3 Å². The molecule has 1 aromatic heterocycles. The Morgan fingerprint density at radius 2 is 2.30 bits per heavy atom. The summed E-state index contributed by atoms with van der Waals surface area (Å²) >= 11 is 1.71. The van der Waals surface area contributed by atoms with E-state index in [1.807, 2.05) is 6.07 Å². The molecule has 0 aliphatic rings. The second-order valence-corrected chi connectivity index (χ2v) is 3.46. The van der Waals surface area contributed by atoms with Crippen LogP contribution in [0.3, 0.4) is 0 Å². The molecule has 0 amide bonds. The van der Waals surface area contributed by atoms with Crippen LogP contribution in [0.15, 0.2) is 12.1 Å². The van der Waals surface area contributed by atoms with E-state index >= 15 is 0 Å². The lowest BCUT2D eigenvalue weighted by Gasteiger charge is -1.97. The highest BCUT2D eigenvalue weighted by molar-refractivity contribution is 7.13. The average Bonchev–Trinajstić information content (AvgIpc) is 2.31. The average molecular weight is 156 g/mol. The molecule has 0 N–H and O–H groups in total. The third-order valence-corrected chi connectivity index (χ3v) is 2.08. The van der Waals surface area contributed by atoms with Gasteiger partial charge in [-0.05, 0) is 25.5 Å². The summed E-state index contributed by atoms with van der Waals surface area (Å²) in [5, 5.41) is 1.04. The molecule has 0 unspecified atom stereocenters. The molecule has 0 spiro atoms. The summed E-state index contributed by atoms with van der Waals surface area (Å²) < 4.78 is 5.39. The van der Waals surface area contributed by atoms with E-state index in [0.717, 1.165) is 18.1 Å². The summed E-state index contributed by atoms with van der Waals surface area (Å²) in [6, 6.07) is 4.10. The van der Waals surface area contributed by atoms with Crippen molar-refractivity contribution >= 4 is 11.3 Å². The van der Waals surface area contributed by atoms with Gasteiger partial charge in [-0.2, -0.15) is 0 Å². The highest BCUT2D eigenvalue weighted by Gasteiger charge is 1.94. The van der Waals surface area contributed by atoms with Crippen molar-refractivity contribution in [1.29, 1.82) is 0 Å². The van der Waals surface area contributed by atoms with E-state index < -0.39 is 0 Å². The Bertz CT molecular complexity index is 193. The summed E-state index contributed by atoms with van der Waals surface area (Å²) in [6.07, 6.45) is 1.08. The SMILES string of the molecule is CCCOc1ccc(C)s1. The number of thiophene rings is 1. The van der Waals surface area contributed by atoms with Crippen molar-refractivity contribution in [3.8, 4) is 5.06 Å². The minimum Gasteiger partial charge on any atom is -0.484 e. The molecule has 1 aromatic rings. The van der Waals surface area contributed by atoms with Crippen LogP contribution in [-0.4, -0.2) is 6.61 Å². The van der Waals surface area contributed by atoms with Gasteiger partial charge in [0, 0.05) is 4.88 Å². The second kappa shape index (κ2) is 3.62. The first-order valence-electron chi connectivity index (χ1n) is 3.52. The highest BCUT2D eigenvalue weighted by Crippen LogP contribution is 2.23. The van der Waals surface area contributed by atoms with Crippen molar-refractivity contribution in [2.75, 3.05) is 6.61 Å². The van der Waals surface area contributed by atoms with Crippen LogP contribution in [0.2, 0.25) is 0 Å². The molecule has 2 heteroatoms. The zero-order valence-electron chi connectivity index (χ0n) is 6.39. The number of aryl methyl sites for hydroxylation is 1. The second-order valence-electron chi connectivity index (χ2n) is 2.21. The molecule has 0 aliphatic heterocycles. The molecule has 0 atom stereocenters. The fraction of sp³-hybridized carbons (Fsp3) is 0.500. The number of rotatable bonds is 3. The number of hydrogen-bond acceptors (Lipinski definition) is 2. The van der Waals surface area contributed by atoms with Crippen LogP contribution in [0.4, 0.5) is 0 Å². The van der Waals surface area contributed by atoms with Gasteiger partial charge in [-0.1, -0.05) is 6.92 Å². The van der Waals surface area contributed by atoms with Gasteiger partial charge >= 0.3 is 0 Å². The molecular formula is C8H12OS. The van der Waals surface area contributed by atoms with Crippen molar-refractivity contribution in [2.24, 2.45) is 0 Å². The topological polar surface area (TPSA) is 9.23 Å². The smallest absolute Gasteiger partial charge is 0.173 e. The van der Waals surface area contributed by atoms with E-state index in [9.17, 15) is 0 Å². The number of hydrogen-bond donors (Lipinski definition) is 0. The van der Waals surface area contributed by atoms with Gasteiger partial charge in [0.15, 0.2) is 5.06 Å². The largest absolute Gasteiger partial charge is 0.484 e. The van der Waals surface area contributed by atoms with Crippen LogP contribution >= 0.6 is 11.3 Å². The molecule has 1 rings (SSSR count). The van der Waals surface area contributed by atoms with Gasteiger partial charge in [0.05, 0.1) is 6.61 Å². The predicted octanol–water partition coefficient (Wildman–Crippen LogP) is 2.85. The van der Waals surface area contributed by atoms with Crippen LogP contribution in [0.5, 0.6) is 5.06 Å². The van der Waals surface area contributed by atoms with Crippen molar-refractivity contribution in [2.45, 2.75) is 20.3 Å². The molecule has 0 radical (unpaired) electrons. The van der Waals surface area contributed by atoms with Crippen LogP contribution in [0.1, 0.15) is 18.2 Å². The predicted molar refractivity (Wildman–Crippen MR) is 44.8 cm³/mol. The molecular weight excluding hydrogens is 144 g/mol. The monoisotopic (exact) mass is 156 g/mol. The van der Waals surface area contributed by atoms with Crippen LogP contribution < -0.4 is 4.74 Å². The first-order valence-corrected chi connectivity index (χ1v) is 4.34. The molecule has 0 aliphatic carbocycles. The fourth-order valence-electron chi connectivity index (χ4n) is 0.692. The summed E-state index contributed by atoms with van der Waals surface area (Å²) in [6.45, 7) is 5.03. The van der Waals surface area contributed by atoms with Crippen LogP contribution in [0, 0.1) is 6.92 Å². The molecule has 0 aromatic carbocycles. The Hall–Kier alpha value is -0.500. The van der Waals surface area contributed by atoms with Gasteiger partial charge in [-0.25, -0.2) is 0 Å². The molecule has 0 bridgehead atoms. The van der Waals surface area contributed by atoms with Crippen molar-refractivity contribution in [1.82, 2.24) is 0 Å². The van der Waals surface area contributed by atoms with Crippen molar-refractivity contribution in [3.05, 3.63) is 17.0 Å². The summed E-state index contributed by atoms with van der Waals surface area (Å²) in [5.74, 6) is 0. The van der Waals surface area contributed by atoms with E-state index in [2.05, 4.69) is 19.9 Å². The van der Waals surface area contributed by atoms with Gasteiger partial charge in [0.1, 0.15) is 0 Å². The standard InChI is InChI=1S/C8H12OS/c1-3-6-9-8-5-4-7(2)10-8/h4-5H,3,6H2,1-2H3. The molecule has 1 nitrogen and oxygen atoms in total. The Kier molecular flexibility index (Phi) is 2.75. The fourth-order valence-corrected chi connectivity index (χ4v) is 1.42. The first-order chi connectivity index (χ1) is 4.83. The highest BCUT2D eigenvalue weighted by atomic mass is 32.1. The molecule has 0 fully saturated rings. The van der Waals surface area contributed by atoms with Crippen LogP contribution in [0.25, 0.3) is 0 Å². The van der Waals surface area contributed by atoms with E-state index in [0.29, 0.717) is 0 Å². The van der Waals surface area contributed by atoms with E-state index in [4.69, 9.17) is 4.74 Å². The quantitative estimate of drug-likeness (QED) is 0.654. The number of ether oxygens (including phenoxy) is 1. The third kappa shape index (κ3) is 2.03. The van der Waals surface area contributed by atoms with Gasteiger partial charge in [0.2, 0.25) is 0 Å². The van der Waals surface area contributed by atoms with E-state index in [-0.39, 0.29) is 0 Å². The minimum atomic E-state index is 0.833. The van der Waals surface area contributed by atoms with Crippen molar-refractivity contribution < 1.29 is 4.74 Å². The lowest BCUT2D eigenvalue weighted by atomic mass is 10.5. The zero-order chi connectivity index (χ0) is 7.40. The van der Waals surface area contributed by atoms with E-state index in [1.165, 1.54) is 4.88 Å². The van der Waals surface area contributed by atoms with Gasteiger partial charge in [-0.3, -0.25) is 0 Å². The lowest BCUT2D eigenvalue weighted by Crippen LogP contribution is -1.91. The molecule has 0 saturated carbocycles. The normalized spacial score (nSPS) is 9.80. The third-order valence-electron chi connectivity index (χ3n) is 1.16. The maximum atomic E-state index is 5.39. The Morgan fingerprint density at radius 3 is 2.80 bits per heavy atom. The minimum absolute atomic E-state index is 0.833. The van der Waals surface area contributed by atoms with Crippen molar-refractivity contribution in [3.63, 3.8) is 0 Å². The zero-order valence-corrected chi connectivity index (χ0v) is 7.20. The molecule has 56 valence electrons. The van der Waals surface area contributed by atoms with Gasteiger partial charge < -0.3 is 4.74 Å². The van der Waals surface area contributed by atoms with Gasteiger partial charge in [0.25, 0.3) is 0 Å². The first kappa shape index (κ1) is 7.61. The molecule has 10 heavy (non-hydrogen) atoms. The maximum absolute atomic E-state index is 5.39. The maximum Gasteiger partial charge on any atom is 0.173 e. The van der Waals surface area contributed by atoms with Crippen LogP contribution in [-0.2, 0) is 0 Å². The Balaban J connectivity index is 2.42. The molecule has 0 saturated heterocycles. The Morgan fingerprint density at radius 1 is 1.50 bits per heavy atom.